The molecule has 0 fully saturated rings. The summed E-state index contributed by atoms with van der Waals surface area (Å²) in [7, 11) is 0. The second-order valence-electron chi connectivity index (χ2n) is 7.61. The van der Waals surface area contributed by atoms with E-state index in [0.29, 0.717) is 23.7 Å². The first-order valence-electron chi connectivity index (χ1n) is 7.71. The second-order valence-corrected chi connectivity index (χ2v) is 7.61. The quantitative estimate of drug-likeness (QED) is 0.614. The van der Waals surface area contributed by atoms with Crippen molar-refractivity contribution in [1.29, 1.82) is 0 Å². The molecule has 0 saturated heterocycles. The van der Waals surface area contributed by atoms with Gasteiger partial charge >= 0.3 is 5.97 Å². The smallest absolute Gasteiger partial charge is 0.312 e. The molecule has 0 rings (SSSR count). The average Bonchev–Trinajstić information content (AvgIpc) is 2.23. The van der Waals surface area contributed by atoms with Gasteiger partial charge in [0.15, 0.2) is 0 Å². The highest BCUT2D eigenvalue weighted by atomic mass is 16.5. The van der Waals surface area contributed by atoms with E-state index >= 15 is 0 Å². The molecule has 0 aromatic rings. The highest BCUT2D eigenvalue weighted by Gasteiger charge is 2.37. The lowest BCUT2D eigenvalue weighted by atomic mass is 9.76. The zero-order valence-corrected chi connectivity index (χ0v) is 14.4. The molecule has 0 amide bonds. The van der Waals surface area contributed by atoms with Gasteiger partial charge in [0.1, 0.15) is 6.10 Å². The summed E-state index contributed by atoms with van der Waals surface area (Å²) in [5.74, 6) is 1.61. The van der Waals surface area contributed by atoms with E-state index in [4.69, 9.17) is 4.74 Å². The van der Waals surface area contributed by atoms with Gasteiger partial charge in [-0.25, -0.2) is 0 Å². The topological polar surface area (TPSA) is 26.3 Å². The fourth-order valence-electron chi connectivity index (χ4n) is 2.52. The third-order valence-electron chi connectivity index (χ3n) is 4.14. The summed E-state index contributed by atoms with van der Waals surface area (Å²) in [4.78, 5) is 12.5. The minimum atomic E-state index is -0.410. The van der Waals surface area contributed by atoms with Gasteiger partial charge in [-0.15, -0.1) is 0 Å². The summed E-state index contributed by atoms with van der Waals surface area (Å²) >= 11 is 0. The van der Waals surface area contributed by atoms with Crippen LogP contribution in [-0.2, 0) is 9.53 Å². The standard InChI is InChI=1S/C17H34O2/c1-11(2)10-14(7)17(8,9)16(18)19-15(12(3)4)13(5)6/h11-15H,10H2,1-9H3. The van der Waals surface area contributed by atoms with Crippen LogP contribution < -0.4 is 0 Å². The minimum absolute atomic E-state index is 0.0121. The van der Waals surface area contributed by atoms with Crippen LogP contribution in [0.25, 0.3) is 0 Å². The Morgan fingerprint density at radius 3 is 1.68 bits per heavy atom. The second kappa shape index (κ2) is 7.31. The predicted octanol–water partition coefficient (Wildman–Crippen LogP) is 4.92. The minimum Gasteiger partial charge on any atom is -0.461 e. The Balaban J connectivity index is 4.78. The fraction of sp³-hybridized carbons (Fsp3) is 0.941. The molecule has 0 radical (unpaired) electrons. The Bertz CT molecular complexity index is 269. The number of esters is 1. The van der Waals surface area contributed by atoms with Gasteiger partial charge < -0.3 is 4.74 Å². The Kier molecular flexibility index (Phi) is 7.10. The Morgan fingerprint density at radius 1 is 0.947 bits per heavy atom. The summed E-state index contributed by atoms with van der Waals surface area (Å²) in [6.45, 7) is 19.0. The monoisotopic (exact) mass is 270 g/mol. The molecule has 0 heterocycles. The Morgan fingerprint density at radius 2 is 1.37 bits per heavy atom. The Labute approximate surface area is 120 Å². The first-order valence-corrected chi connectivity index (χ1v) is 7.71. The molecule has 0 aromatic carbocycles. The summed E-state index contributed by atoms with van der Waals surface area (Å²) in [6, 6.07) is 0. The molecule has 0 aliphatic carbocycles. The number of rotatable bonds is 7. The van der Waals surface area contributed by atoms with Crippen molar-refractivity contribution < 1.29 is 9.53 Å². The molecule has 0 aliphatic rings. The number of carbonyl (C=O) groups excluding carboxylic acids is 1. The van der Waals surface area contributed by atoms with Crippen LogP contribution in [0, 0.1) is 29.1 Å². The maximum absolute atomic E-state index is 12.5. The molecule has 0 aliphatic heterocycles. The molecule has 1 unspecified atom stereocenters. The van der Waals surface area contributed by atoms with E-state index in [9.17, 15) is 4.79 Å². The van der Waals surface area contributed by atoms with Gasteiger partial charge in [-0.1, -0.05) is 48.5 Å². The van der Waals surface area contributed by atoms with Crippen molar-refractivity contribution in [3.05, 3.63) is 0 Å². The number of hydrogen-bond donors (Lipinski definition) is 0. The van der Waals surface area contributed by atoms with E-state index in [0.717, 1.165) is 6.42 Å². The van der Waals surface area contributed by atoms with Gasteiger partial charge in [-0.05, 0) is 43.9 Å². The van der Waals surface area contributed by atoms with Crippen molar-refractivity contribution in [2.24, 2.45) is 29.1 Å². The maximum atomic E-state index is 12.5. The zero-order valence-electron chi connectivity index (χ0n) is 14.4. The van der Waals surface area contributed by atoms with Crippen LogP contribution in [0.2, 0.25) is 0 Å². The lowest BCUT2D eigenvalue weighted by Gasteiger charge is -2.34. The van der Waals surface area contributed by atoms with Crippen molar-refractivity contribution in [2.45, 2.75) is 74.8 Å². The van der Waals surface area contributed by atoms with Crippen molar-refractivity contribution >= 4 is 5.97 Å². The van der Waals surface area contributed by atoms with Gasteiger partial charge in [0.05, 0.1) is 5.41 Å². The molecule has 0 saturated carbocycles. The highest BCUT2D eigenvalue weighted by Crippen LogP contribution is 2.34. The lowest BCUT2D eigenvalue weighted by Crippen LogP contribution is -2.39. The maximum Gasteiger partial charge on any atom is 0.312 e. The lowest BCUT2D eigenvalue weighted by molar-refractivity contribution is -0.168. The third kappa shape index (κ3) is 5.54. The summed E-state index contributed by atoms with van der Waals surface area (Å²) < 4.78 is 5.80. The van der Waals surface area contributed by atoms with E-state index in [2.05, 4.69) is 48.5 Å². The van der Waals surface area contributed by atoms with Crippen LogP contribution in [0.3, 0.4) is 0 Å². The molecule has 2 heteroatoms. The van der Waals surface area contributed by atoms with Crippen molar-refractivity contribution in [3.63, 3.8) is 0 Å². The van der Waals surface area contributed by atoms with E-state index < -0.39 is 5.41 Å². The van der Waals surface area contributed by atoms with Gasteiger partial charge in [0, 0.05) is 0 Å². The zero-order chi connectivity index (χ0) is 15.4. The molecule has 0 spiro atoms. The molecular weight excluding hydrogens is 236 g/mol. The van der Waals surface area contributed by atoms with Crippen molar-refractivity contribution in [3.8, 4) is 0 Å². The average molecular weight is 270 g/mol. The molecule has 0 bridgehead atoms. The van der Waals surface area contributed by atoms with E-state index in [1.165, 1.54) is 0 Å². The molecule has 2 nitrogen and oxygen atoms in total. The largest absolute Gasteiger partial charge is 0.461 e. The van der Waals surface area contributed by atoms with Crippen LogP contribution in [-0.4, -0.2) is 12.1 Å². The molecule has 0 N–H and O–H groups in total. The fourth-order valence-corrected chi connectivity index (χ4v) is 2.52. The van der Waals surface area contributed by atoms with Crippen LogP contribution in [0.4, 0.5) is 0 Å². The molecule has 0 aromatic heterocycles. The van der Waals surface area contributed by atoms with Gasteiger partial charge in [0.25, 0.3) is 0 Å². The molecular formula is C17H34O2. The van der Waals surface area contributed by atoms with Crippen molar-refractivity contribution in [2.75, 3.05) is 0 Å². The van der Waals surface area contributed by atoms with Gasteiger partial charge in [-0.2, -0.15) is 0 Å². The van der Waals surface area contributed by atoms with Gasteiger partial charge in [-0.3, -0.25) is 4.79 Å². The van der Waals surface area contributed by atoms with Crippen LogP contribution in [0.15, 0.2) is 0 Å². The first-order chi connectivity index (χ1) is 8.50. The number of ether oxygens (including phenoxy) is 1. The van der Waals surface area contributed by atoms with E-state index in [1.807, 2.05) is 13.8 Å². The summed E-state index contributed by atoms with van der Waals surface area (Å²) in [5, 5.41) is 0. The Hall–Kier alpha value is -0.530. The van der Waals surface area contributed by atoms with Crippen molar-refractivity contribution in [1.82, 2.24) is 0 Å². The van der Waals surface area contributed by atoms with Gasteiger partial charge in [0.2, 0.25) is 0 Å². The molecule has 1 atom stereocenters. The van der Waals surface area contributed by atoms with E-state index in [-0.39, 0.29) is 12.1 Å². The summed E-state index contributed by atoms with van der Waals surface area (Å²) in [5.41, 5.74) is -0.410. The summed E-state index contributed by atoms with van der Waals surface area (Å²) in [6.07, 6.45) is 1.06. The third-order valence-corrected chi connectivity index (χ3v) is 4.14. The van der Waals surface area contributed by atoms with Crippen LogP contribution in [0.5, 0.6) is 0 Å². The van der Waals surface area contributed by atoms with Crippen LogP contribution in [0.1, 0.15) is 68.7 Å². The van der Waals surface area contributed by atoms with Crippen LogP contribution >= 0.6 is 0 Å². The number of hydrogen-bond acceptors (Lipinski definition) is 2. The molecule has 114 valence electrons. The number of carbonyl (C=O) groups is 1. The van der Waals surface area contributed by atoms with E-state index in [1.54, 1.807) is 0 Å². The molecule has 19 heavy (non-hydrogen) atoms. The normalized spacial score (nSPS) is 14.6. The highest BCUT2D eigenvalue weighted by molar-refractivity contribution is 5.76. The predicted molar refractivity (Wildman–Crippen MR) is 82.0 cm³/mol. The SMILES string of the molecule is CC(C)CC(C)C(C)(C)C(=O)OC(C(C)C)C(C)C. The first kappa shape index (κ1) is 18.5.